The molecule has 4 heteroatoms. The Bertz CT molecular complexity index is 399. The molecule has 21 heavy (non-hydrogen) atoms. The minimum atomic E-state index is 0.323. The summed E-state index contributed by atoms with van der Waals surface area (Å²) in [4.78, 5) is 4.86. The van der Waals surface area contributed by atoms with Crippen molar-refractivity contribution in [3.05, 3.63) is 29.8 Å². The van der Waals surface area contributed by atoms with Gasteiger partial charge in [-0.05, 0) is 31.2 Å². The number of piperazine rings is 1. The van der Waals surface area contributed by atoms with Crippen LogP contribution in [0, 0.1) is 0 Å². The number of rotatable bonds is 7. The second-order valence-corrected chi connectivity index (χ2v) is 5.86. The number of nitrogens with two attached hydrogens (primary N) is 1. The predicted octanol–water partition coefficient (Wildman–Crippen LogP) is 2.11. The zero-order valence-electron chi connectivity index (χ0n) is 13.4. The first-order valence-corrected chi connectivity index (χ1v) is 8.10. The van der Waals surface area contributed by atoms with E-state index in [2.05, 4.69) is 48.0 Å². The molecule has 0 spiro atoms. The Balaban J connectivity index is 1.95. The zero-order valence-corrected chi connectivity index (χ0v) is 13.4. The number of likely N-dealkylation sites (N-methyl/N-ethyl adjacent to an activating group) is 1. The van der Waals surface area contributed by atoms with E-state index in [0.717, 1.165) is 51.4 Å². The number of benzene rings is 1. The van der Waals surface area contributed by atoms with E-state index in [9.17, 15) is 0 Å². The zero-order chi connectivity index (χ0) is 15.1. The Morgan fingerprint density at radius 1 is 1.14 bits per heavy atom. The lowest BCUT2D eigenvalue weighted by Gasteiger charge is -2.37. The van der Waals surface area contributed by atoms with E-state index in [0.29, 0.717) is 12.6 Å². The van der Waals surface area contributed by atoms with Crippen LogP contribution in [0.2, 0.25) is 0 Å². The van der Waals surface area contributed by atoms with E-state index in [4.69, 9.17) is 10.5 Å². The van der Waals surface area contributed by atoms with E-state index in [1.165, 1.54) is 5.56 Å². The molecular weight excluding hydrogens is 262 g/mol. The minimum absolute atomic E-state index is 0.323. The molecule has 1 aliphatic heterocycles. The molecule has 0 radical (unpaired) electrons. The molecule has 1 unspecified atom stereocenters. The summed E-state index contributed by atoms with van der Waals surface area (Å²) in [6, 6.07) is 8.80. The summed E-state index contributed by atoms with van der Waals surface area (Å²) >= 11 is 0. The van der Waals surface area contributed by atoms with Crippen molar-refractivity contribution in [3.63, 3.8) is 0 Å². The van der Waals surface area contributed by atoms with E-state index in [1.807, 2.05) is 0 Å². The highest BCUT2D eigenvalue weighted by Crippen LogP contribution is 2.23. The average Bonchev–Trinajstić information content (AvgIpc) is 2.52. The van der Waals surface area contributed by atoms with Crippen molar-refractivity contribution >= 4 is 0 Å². The van der Waals surface area contributed by atoms with Crippen LogP contribution in [0.4, 0.5) is 0 Å². The van der Waals surface area contributed by atoms with Gasteiger partial charge in [-0.25, -0.2) is 0 Å². The van der Waals surface area contributed by atoms with Crippen molar-refractivity contribution in [3.8, 4) is 5.75 Å². The summed E-state index contributed by atoms with van der Waals surface area (Å²) in [7, 11) is 2.18. The van der Waals surface area contributed by atoms with Gasteiger partial charge in [0.2, 0.25) is 0 Å². The lowest BCUT2D eigenvalue weighted by Crippen LogP contribution is -2.47. The third kappa shape index (κ3) is 4.70. The molecule has 1 aliphatic rings. The van der Waals surface area contributed by atoms with Gasteiger partial charge in [0.15, 0.2) is 0 Å². The number of hydrogen-bond donors (Lipinski definition) is 1. The van der Waals surface area contributed by atoms with Gasteiger partial charge in [0.25, 0.3) is 0 Å². The van der Waals surface area contributed by atoms with Crippen molar-refractivity contribution in [2.24, 2.45) is 5.73 Å². The molecule has 2 N–H and O–H groups in total. The van der Waals surface area contributed by atoms with Gasteiger partial charge in [-0.2, -0.15) is 0 Å². The molecule has 0 aromatic heterocycles. The fourth-order valence-electron chi connectivity index (χ4n) is 2.75. The Kier molecular flexibility index (Phi) is 6.49. The van der Waals surface area contributed by atoms with E-state index in [-0.39, 0.29) is 0 Å². The van der Waals surface area contributed by atoms with Gasteiger partial charge in [0.1, 0.15) is 5.75 Å². The van der Waals surface area contributed by atoms with Crippen LogP contribution in [0.3, 0.4) is 0 Å². The maximum absolute atomic E-state index is 6.02. The predicted molar refractivity (Wildman–Crippen MR) is 87.7 cm³/mol. The minimum Gasteiger partial charge on any atom is -0.494 e. The number of ether oxygens (including phenoxy) is 1. The third-order valence-corrected chi connectivity index (χ3v) is 4.23. The fraction of sp³-hybridized carbons (Fsp3) is 0.647. The second-order valence-electron chi connectivity index (χ2n) is 5.86. The van der Waals surface area contributed by atoms with Crippen LogP contribution in [-0.4, -0.2) is 56.2 Å². The van der Waals surface area contributed by atoms with Crippen LogP contribution < -0.4 is 10.5 Å². The van der Waals surface area contributed by atoms with Crippen molar-refractivity contribution < 1.29 is 4.74 Å². The largest absolute Gasteiger partial charge is 0.494 e. The standard InChI is InChI=1S/C17H29N3O/c1-3-4-13-21-16-7-5-15(6-8-16)17(14-18)20-11-9-19(2)10-12-20/h5-8,17H,3-4,9-14,18H2,1-2H3. The normalized spacial score (nSPS) is 18.6. The van der Waals surface area contributed by atoms with Gasteiger partial charge in [0, 0.05) is 38.8 Å². The molecule has 0 amide bonds. The summed E-state index contributed by atoms with van der Waals surface area (Å²) in [5, 5.41) is 0. The summed E-state index contributed by atoms with van der Waals surface area (Å²) in [5.74, 6) is 0.960. The van der Waals surface area contributed by atoms with Crippen LogP contribution in [0.1, 0.15) is 31.4 Å². The number of hydrogen-bond acceptors (Lipinski definition) is 4. The summed E-state index contributed by atoms with van der Waals surface area (Å²) in [6.45, 7) is 8.06. The highest BCUT2D eigenvalue weighted by Gasteiger charge is 2.22. The maximum Gasteiger partial charge on any atom is 0.119 e. The van der Waals surface area contributed by atoms with Gasteiger partial charge < -0.3 is 15.4 Å². The van der Waals surface area contributed by atoms with Crippen molar-refractivity contribution in [1.82, 2.24) is 9.80 Å². The molecule has 118 valence electrons. The Morgan fingerprint density at radius 2 is 1.81 bits per heavy atom. The molecule has 1 heterocycles. The molecule has 1 aromatic carbocycles. The van der Waals surface area contributed by atoms with Crippen LogP contribution in [-0.2, 0) is 0 Å². The van der Waals surface area contributed by atoms with E-state index < -0.39 is 0 Å². The first-order valence-electron chi connectivity index (χ1n) is 8.10. The van der Waals surface area contributed by atoms with Crippen molar-refractivity contribution in [2.75, 3.05) is 46.4 Å². The first-order chi connectivity index (χ1) is 10.2. The molecule has 1 saturated heterocycles. The fourth-order valence-corrected chi connectivity index (χ4v) is 2.75. The molecule has 0 bridgehead atoms. The molecule has 1 aromatic rings. The monoisotopic (exact) mass is 291 g/mol. The molecule has 1 atom stereocenters. The van der Waals surface area contributed by atoms with Crippen LogP contribution in [0.5, 0.6) is 5.75 Å². The molecular formula is C17H29N3O. The van der Waals surface area contributed by atoms with E-state index >= 15 is 0 Å². The van der Waals surface area contributed by atoms with Gasteiger partial charge in [-0.3, -0.25) is 4.90 Å². The highest BCUT2D eigenvalue weighted by molar-refractivity contribution is 5.29. The molecule has 0 saturated carbocycles. The Hall–Kier alpha value is -1.10. The average molecular weight is 291 g/mol. The number of nitrogens with zero attached hydrogens (tertiary/aromatic N) is 2. The van der Waals surface area contributed by atoms with Gasteiger partial charge in [-0.15, -0.1) is 0 Å². The maximum atomic E-state index is 6.02. The second kappa shape index (κ2) is 8.37. The Morgan fingerprint density at radius 3 is 2.38 bits per heavy atom. The van der Waals surface area contributed by atoms with Gasteiger partial charge in [0.05, 0.1) is 6.61 Å². The lowest BCUT2D eigenvalue weighted by molar-refractivity contribution is 0.114. The topological polar surface area (TPSA) is 41.7 Å². The van der Waals surface area contributed by atoms with Crippen molar-refractivity contribution in [1.29, 1.82) is 0 Å². The summed E-state index contributed by atoms with van der Waals surface area (Å²) in [6.07, 6.45) is 2.27. The SMILES string of the molecule is CCCCOc1ccc(C(CN)N2CCN(C)CC2)cc1. The van der Waals surface area contributed by atoms with E-state index in [1.54, 1.807) is 0 Å². The van der Waals surface area contributed by atoms with Crippen LogP contribution in [0.25, 0.3) is 0 Å². The number of unbranched alkanes of at least 4 members (excludes halogenated alkanes) is 1. The smallest absolute Gasteiger partial charge is 0.119 e. The molecule has 0 aliphatic carbocycles. The highest BCUT2D eigenvalue weighted by atomic mass is 16.5. The first kappa shape index (κ1) is 16.3. The van der Waals surface area contributed by atoms with Gasteiger partial charge in [-0.1, -0.05) is 25.5 Å². The summed E-state index contributed by atoms with van der Waals surface area (Å²) < 4.78 is 5.72. The third-order valence-electron chi connectivity index (χ3n) is 4.23. The van der Waals surface area contributed by atoms with Crippen molar-refractivity contribution in [2.45, 2.75) is 25.8 Å². The lowest BCUT2D eigenvalue weighted by atomic mass is 10.0. The van der Waals surface area contributed by atoms with Gasteiger partial charge >= 0.3 is 0 Å². The van der Waals surface area contributed by atoms with Crippen LogP contribution in [0.15, 0.2) is 24.3 Å². The quantitative estimate of drug-likeness (QED) is 0.781. The Labute approximate surface area is 128 Å². The molecule has 4 nitrogen and oxygen atoms in total. The summed E-state index contributed by atoms with van der Waals surface area (Å²) in [5.41, 5.74) is 7.32. The van der Waals surface area contributed by atoms with Crippen LogP contribution >= 0.6 is 0 Å². The molecule has 1 fully saturated rings. The molecule has 2 rings (SSSR count).